The van der Waals surface area contributed by atoms with Crippen molar-refractivity contribution < 1.29 is 9.63 Å². The summed E-state index contributed by atoms with van der Waals surface area (Å²) >= 11 is 0. The van der Waals surface area contributed by atoms with Gasteiger partial charge in [-0.25, -0.2) is 0 Å². The van der Waals surface area contributed by atoms with Gasteiger partial charge in [0.05, 0.1) is 5.56 Å². The standard InChI is InChI=1S/C15H19N3O2/c1-9-3-2-4-10(7-9)14-17-15(20-18-14)12-6-5-11(16)8-13(12)19/h5-6,8-10,19H,2-4,7,16H2,1H3. The number of anilines is 1. The Morgan fingerprint density at radius 3 is 2.95 bits per heavy atom. The van der Waals surface area contributed by atoms with Gasteiger partial charge in [0.1, 0.15) is 5.75 Å². The minimum Gasteiger partial charge on any atom is -0.507 e. The lowest BCUT2D eigenvalue weighted by molar-refractivity contribution is 0.324. The average Bonchev–Trinajstić information content (AvgIpc) is 2.88. The lowest BCUT2D eigenvalue weighted by Crippen LogP contribution is -2.12. The van der Waals surface area contributed by atoms with Gasteiger partial charge in [-0.3, -0.25) is 0 Å². The Labute approximate surface area is 117 Å². The van der Waals surface area contributed by atoms with Gasteiger partial charge in [-0.2, -0.15) is 4.98 Å². The molecule has 2 unspecified atom stereocenters. The highest BCUT2D eigenvalue weighted by molar-refractivity contribution is 5.66. The number of phenolic OH excluding ortho intramolecular Hbond substituents is 1. The molecule has 3 N–H and O–H groups in total. The molecule has 0 radical (unpaired) electrons. The van der Waals surface area contributed by atoms with Crippen LogP contribution < -0.4 is 5.73 Å². The Balaban J connectivity index is 1.86. The third kappa shape index (κ3) is 2.48. The van der Waals surface area contributed by atoms with Gasteiger partial charge in [-0.1, -0.05) is 24.9 Å². The number of aromatic hydroxyl groups is 1. The molecule has 2 atom stereocenters. The maximum absolute atomic E-state index is 9.90. The Hall–Kier alpha value is -2.04. The highest BCUT2D eigenvalue weighted by atomic mass is 16.5. The van der Waals surface area contributed by atoms with E-state index in [9.17, 15) is 5.11 Å². The molecule has 0 spiro atoms. The van der Waals surface area contributed by atoms with Crippen LogP contribution >= 0.6 is 0 Å². The van der Waals surface area contributed by atoms with Crippen molar-refractivity contribution in [3.8, 4) is 17.2 Å². The number of benzene rings is 1. The summed E-state index contributed by atoms with van der Waals surface area (Å²) in [5.74, 6) is 2.25. The first kappa shape index (κ1) is 13.0. The second-order valence-corrected chi connectivity index (χ2v) is 5.70. The van der Waals surface area contributed by atoms with Gasteiger partial charge in [0.2, 0.25) is 0 Å². The van der Waals surface area contributed by atoms with E-state index in [0.29, 0.717) is 29.0 Å². The topological polar surface area (TPSA) is 85.2 Å². The van der Waals surface area contributed by atoms with Crippen LogP contribution in [0.15, 0.2) is 22.7 Å². The first-order valence-corrected chi connectivity index (χ1v) is 7.06. The summed E-state index contributed by atoms with van der Waals surface area (Å²) in [5, 5.41) is 14.0. The molecule has 1 aliphatic carbocycles. The van der Waals surface area contributed by atoms with E-state index in [4.69, 9.17) is 10.3 Å². The van der Waals surface area contributed by atoms with Gasteiger partial charge >= 0.3 is 0 Å². The molecule has 0 bridgehead atoms. The molecule has 5 heteroatoms. The summed E-state index contributed by atoms with van der Waals surface area (Å²) in [5.41, 5.74) is 6.65. The van der Waals surface area contributed by atoms with Crippen molar-refractivity contribution in [1.29, 1.82) is 0 Å². The largest absolute Gasteiger partial charge is 0.507 e. The van der Waals surface area contributed by atoms with Crippen LogP contribution in [0.1, 0.15) is 44.3 Å². The predicted octanol–water partition coefficient (Wildman–Crippen LogP) is 3.32. The number of hydrogen-bond donors (Lipinski definition) is 2. The zero-order chi connectivity index (χ0) is 14.1. The Morgan fingerprint density at radius 2 is 2.20 bits per heavy atom. The van der Waals surface area contributed by atoms with Gasteiger partial charge in [0.15, 0.2) is 5.82 Å². The first-order chi connectivity index (χ1) is 9.63. The molecule has 1 heterocycles. The van der Waals surface area contributed by atoms with E-state index < -0.39 is 0 Å². The number of nitrogen functional groups attached to an aromatic ring is 1. The lowest BCUT2D eigenvalue weighted by atomic mass is 9.82. The maximum Gasteiger partial charge on any atom is 0.261 e. The Morgan fingerprint density at radius 1 is 1.35 bits per heavy atom. The van der Waals surface area contributed by atoms with Crippen molar-refractivity contribution in [2.45, 2.75) is 38.5 Å². The van der Waals surface area contributed by atoms with Crippen LogP contribution in [-0.2, 0) is 0 Å². The maximum atomic E-state index is 9.90. The van der Waals surface area contributed by atoms with Crippen LogP contribution in [0.5, 0.6) is 5.75 Å². The minimum absolute atomic E-state index is 0.0669. The van der Waals surface area contributed by atoms with E-state index in [-0.39, 0.29) is 5.75 Å². The van der Waals surface area contributed by atoms with E-state index in [1.165, 1.54) is 18.9 Å². The fourth-order valence-corrected chi connectivity index (χ4v) is 2.91. The minimum atomic E-state index is 0.0669. The van der Waals surface area contributed by atoms with Crippen LogP contribution in [0.25, 0.3) is 11.5 Å². The number of hydrogen-bond acceptors (Lipinski definition) is 5. The van der Waals surface area contributed by atoms with Gasteiger partial charge in [-0.15, -0.1) is 0 Å². The molecule has 3 rings (SSSR count). The molecule has 1 saturated carbocycles. The summed E-state index contributed by atoms with van der Waals surface area (Å²) in [6.45, 7) is 2.26. The molecule has 20 heavy (non-hydrogen) atoms. The molecular formula is C15H19N3O2. The molecule has 1 aliphatic rings. The van der Waals surface area contributed by atoms with Gasteiger partial charge in [0.25, 0.3) is 5.89 Å². The summed E-state index contributed by atoms with van der Waals surface area (Å²) < 4.78 is 5.30. The summed E-state index contributed by atoms with van der Waals surface area (Å²) in [6.07, 6.45) is 4.70. The Kier molecular flexibility index (Phi) is 3.34. The van der Waals surface area contributed by atoms with Crippen molar-refractivity contribution in [1.82, 2.24) is 10.1 Å². The molecule has 106 valence electrons. The number of nitrogens with zero attached hydrogens (tertiary/aromatic N) is 2. The molecular weight excluding hydrogens is 254 g/mol. The van der Waals surface area contributed by atoms with Crippen LogP contribution in [0.2, 0.25) is 0 Å². The third-order valence-electron chi connectivity index (χ3n) is 4.00. The Bertz CT molecular complexity index is 609. The van der Waals surface area contributed by atoms with Crippen LogP contribution in [0.3, 0.4) is 0 Å². The number of aromatic nitrogens is 2. The van der Waals surface area contributed by atoms with E-state index >= 15 is 0 Å². The smallest absolute Gasteiger partial charge is 0.261 e. The molecule has 5 nitrogen and oxygen atoms in total. The average molecular weight is 273 g/mol. The predicted molar refractivity (Wildman–Crippen MR) is 76.2 cm³/mol. The summed E-state index contributed by atoms with van der Waals surface area (Å²) in [4.78, 5) is 4.45. The normalized spacial score (nSPS) is 22.9. The van der Waals surface area contributed by atoms with E-state index in [0.717, 1.165) is 18.7 Å². The monoisotopic (exact) mass is 273 g/mol. The number of rotatable bonds is 2. The second kappa shape index (κ2) is 5.15. The first-order valence-electron chi connectivity index (χ1n) is 7.06. The third-order valence-corrected chi connectivity index (χ3v) is 4.00. The van der Waals surface area contributed by atoms with Crippen molar-refractivity contribution in [3.63, 3.8) is 0 Å². The quantitative estimate of drug-likeness (QED) is 0.820. The zero-order valence-electron chi connectivity index (χ0n) is 11.5. The molecule has 0 saturated heterocycles. The fourth-order valence-electron chi connectivity index (χ4n) is 2.91. The van der Waals surface area contributed by atoms with E-state index in [1.54, 1.807) is 12.1 Å². The van der Waals surface area contributed by atoms with Gasteiger partial charge in [-0.05, 0) is 30.9 Å². The van der Waals surface area contributed by atoms with E-state index in [2.05, 4.69) is 17.1 Å². The SMILES string of the molecule is CC1CCCC(c2noc(-c3ccc(N)cc3O)n2)C1. The molecule has 0 aliphatic heterocycles. The van der Waals surface area contributed by atoms with Crippen molar-refractivity contribution in [2.75, 3.05) is 5.73 Å². The summed E-state index contributed by atoms with van der Waals surface area (Å²) in [6, 6.07) is 4.90. The van der Waals surface area contributed by atoms with Crippen molar-refractivity contribution in [3.05, 3.63) is 24.0 Å². The van der Waals surface area contributed by atoms with Crippen LogP contribution in [0, 0.1) is 5.92 Å². The molecule has 2 aromatic rings. The molecule has 1 aromatic carbocycles. The molecule has 1 fully saturated rings. The lowest BCUT2D eigenvalue weighted by Gasteiger charge is -2.23. The van der Waals surface area contributed by atoms with Crippen molar-refractivity contribution in [2.24, 2.45) is 5.92 Å². The van der Waals surface area contributed by atoms with Crippen LogP contribution in [-0.4, -0.2) is 15.2 Å². The van der Waals surface area contributed by atoms with Gasteiger partial charge in [0, 0.05) is 17.7 Å². The highest BCUT2D eigenvalue weighted by Crippen LogP contribution is 2.36. The zero-order valence-corrected chi connectivity index (χ0v) is 11.5. The fraction of sp³-hybridized carbons (Fsp3) is 0.467. The second-order valence-electron chi connectivity index (χ2n) is 5.70. The summed E-state index contributed by atoms with van der Waals surface area (Å²) in [7, 11) is 0. The number of phenols is 1. The van der Waals surface area contributed by atoms with E-state index in [1.807, 2.05) is 0 Å². The number of nitrogens with two attached hydrogens (primary N) is 1. The van der Waals surface area contributed by atoms with Crippen LogP contribution in [0.4, 0.5) is 5.69 Å². The highest BCUT2D eigenvalue weighted by Gasteiger charge is 2.25. The van der Waals surface area contributed by atoms with Crippen molar-refractivity contribution >= 4 is 5.69 Å². The molecule has 0 amide bonds. The molecule has 1 aromatic heterocycles. The van der Waals surface area contributed by atoms with Gasteiger partial charge < -0.3 is 15.4 Å².